The van der Waals surface area contributed by atoms with Crippen LogP contribution in [0.2, 0.25) is 0 Å². The van der Waals surface area contributed by atoms with E-state index in [1.165, 1.54) is 31.4 Å². The molecular formula is C27H29NO7. The molecule has 1 aromatic heterocycles. The first-order valence-electron chi connectivity index (χ1n) is 11.4. The lowest BCUT2D eigenvalue weighted by Crippen LogP contribution is -2.30. The van der Waals surface area contributed by atoms with E-state index in [1.807, 2.05) is 12.1 Å². The molecule has 1 atom stereocenters. The molecule has 8 heteroatoms. The van der Waals surface area contributed by atoms with E-state index in [0.717, 1.165) is 19.5 Å². The number of hydrogen-bond donors (Lipinski definition) is 2. The minimum Gasteiger partial charge on any atom is -0.502 e. The Labute approximate surface area is 203 Å². The molecule has 1 aliphatic heterocycles. The molecule has 0 unspecified atom stereocenters. The maximum Gasteiger partial charge on any atom is 0.306 e. The highest BCUT2D eigenvalue weighted by Gasteiger charge is 2.28. The van der Waals surface area contributed by atoms with Crippen LogP contribution in [0.1, 0.15) is 46.1 Å². The number of carbonyl (C=O) groups excluding carboxylic acids is 1. The van der Waals surface area contributed by atoms with Crippen molar-refractivity contribution in [3.63, 3.8) is 0 Å². The third kappa shape index (κ3) is 5.39. The van der Waals surface area contributed by atoms with Crippen LogP contribution in [0, 0.1) is 0 Å². The van der Waals surface area contributed by atoms with Crippen molar-refractivity contribution in [3.05, 3.63) is 92.5 Å². The average Bonchev–Trinajstić information content (AvgIpc) is 2.88. The number of benzene rings is 2. The Balaban J connectivity index is 1.70. The molecule has 2 heterocycles. The molecule has 0 fully saturated rings. The van der Waals surface area contributed by atoms with Crippen molar-refractivity contribution in [2.75, 3.05) is 20.8 Å². The highest BCUT2D eigenvalue weighted by atomic mass is 16.5. The second-order valence-electron chi connectivity index (χ2n) is 8.58. The van der Waals surface area contributed by atoms with Crippen LogP contribution in [0.5, 0.6) is 11.5 Å². The number of aliphatic hydroxyl groups excluding tert-OH is 1. The first kappa shape index (κ1) is 24.5. The molecular weight excluding hydrogens is 450 g/mol. The maximum absolute atomic E-state index is 12.7. The van der Waals surface area contributed by atoms with Gasteiger partial charge in [0.15, 0.2) is 5.76 Å². The standard InChI is InChI=1S/C27H29NO7/c1-33-24-8-7-18(11-20(24)16-29)22(13-25(31)34-2)27-26(32)23(30)12-21(35-27)15-28-10-9-17-5-3-4-6-19(17)14-28/h3-8,11-12,22,29,32H,9-10,13-16H2,1-2H3/t22-/m1/s1. The Hall–Kier alpha value is -3.62. The first-order valence-corrected chi connectivity index (χ1v) is 11.4. The largest absolute Gasteiger partial charge is 0.502 e. The van der Waals surface area contributed by atoms with Gasteiger partial charge in [-0.05, 0) is 35.2 Å². The fourth-order valence-electron chi connectivity index (χ4n) is 4.53. The molecule has 4 rings (SSSR count). The minimum absolute atomic E-state index is 0.00985. The summed E-state index contributed by atoms with van der Waals surface area (Å²) in [5.41, 5.74) is 3.05. The van der Waals surface area contributed by atoms with Crippen LogP contribution in [-0.2, 0) is 35.6 Å². The Bertz CT molecular complexity index is 1270. The maximum atomic E-state index is 12.7. The summed E-state index contributed by atoms with van der Waals surface area (Å²) in [4.78, 5) is 27.1. The van der Waals surface area contributed by atoms with E-state index in [9.17, 15) is 19.8 Å². The summed E-state index contributed by atoms with van der Waals surface area (Å²) >= 11 is 0. The van der Waals surface area contributed by atoms with E-state index >= 15 is 0 Å². The molecule has 1 aliphatic rings. The molecule has 0 saturated carbocycles. The lowest BCUT2D eigenvalue weighted by molar-refractivity contribution is -0.140. The van der Waals surface area contributed by atoms with Gasteiger partial charge in [-0.15, -0.1) is 0 Å². The van der Waals surface area contributed by atoms with Crippen LogP contribution in [0.15, 0.2) is 57.7 Å². The smallest absolute Gasteiger partial charge is 0.306 e. The fourth-order valence-corrected chi connectivity index (χ4v) is 4.53. The molecule has 35 heavy (non-hydrogen) atoms. The third-order valence-corrected chi connectivity index (χ3v) is 6.38. The minimum atomic E-state index is -0.798. The molecule has 2 aromatic carbocycles. The predicted molar refractivity (Wildman–Crippen MR) is 128 cm³/mol. The Morgan fingerprint density at radius 2 is 1.91 bits per heavy atom. The zero-order chi connectivity index (χ0) is 24.9. The Morgan fingerprint density at radius 1 is 1.14 bits per heavy atom. The van der Waals surface area contributed by atoms with Gasteiger partial charge >= 0.3 is 5.97 Å². The zero-order valence-corrected chi connectivity index (χ0v) is 19.8. The van der Waals surface area contributed by atoms with Crippen LogP contribution >= 0.6 is 0 Å². The number of fused-ring (bicyclic) bond motifs is 1. The van der Waals surface area contributed by atoms with E-state index in [4.69, 9.17) is 13.9 Å². The molecule has 2 N–H and O–H groups in total. The number of methoxy groups -OCH3 is 2. The van der Waals surface area contributed by atoms with E-state index in [-0.39, 0.29) is 18.8 Å². The summed E-state index contributed by atoms with van der Waals surface area (Å²) in [5, 5.41) is 20.4. The van der Waals surface area contributed by atoms with Gasteiger partial charge < -0.3 is 24.1 Å². The van der Waals surface area contributed by atoms with Crippen molar-refractivity contribution in [2.45, 2.75) is 38.5 Å². The first-order chi connectivity index (χ1) is 16.9. The fraction of sp³-hybridized carbons (Fsp3) is 0.333. The molecule has 3 aromatic rings. The molecule has 0 spiro atoms. The van der Waals surface area contributed by atoms with E-state index < -0.39 is 23.1 Å². The lowest BCUT2D eigenvalue weighted by atomic mass is 9.90. The molecule has 184 valence electrons. The van der Waals surface area contributed by atoms with Gasteiger partial charge in [-0.1, -0.05) is 30.3 Å². The number of ether oxygens (including phenoxy) is 2. The van der Waals surface area contributed by atoms with Crippen molar-refractivity contribution in [1.29, 1.82) is 0 Å². The topological polar surface area (TPSA) is 109 Å². The molecule has 0 bridgehead atoms. The van der Waals surface area contributed by atoms with Crippen LogP contribution in [0.25, 0.3) is 0 Å². The molecule has 0 amide bonds. The number of carbonyl (C=O) groups is 1. The average molecular weight is 480 g/mol. The van der Waals surface area contributed by atoms with Crippen molar-refractivity contribution in [1.82, 2.24) is 4.90 Å². The monoisotopic (exact) mass is 479 g/mol. The Morgan fingerprint density at radius 3 is 2.63 bits per heavy atom. The van der Waals surface area contributed by atoms with Gasteiger partial charge in [-0.3, -0.25) is 14.5 Å². The van der Waals surface area contributed by atoms with E-state index in [2.05, 4.69) is 17.0 Å². The van der Waals surface area contributed by atoms with Crippen molar-refractivity contribution >= 4 is 5.97 Å². The van der Waals surface area contributed by atoms with Gasteiger partial charge in [0, 0.05) is 24.7 Å². The number of aliphatic hydroxyl groups is 1. The van der Waals surface area contributed by atoms with Crippen molar-refractivity contribution < 1.29 is 28.9 Å². The second-order valence-corrected chi connectivity index (χ2v) is 8.58. The van der Waals surface area contributed by atoms with Crippen molar-refractivity contribution in [2.24, 2.45) is 0 Å². The van der Waals surface area contributed by atoms with Crippen LogP contribution in [-0.4, -0.2) is 41.8 Å². The van der Waals surface area contributed by atoms with Gasteiger partial charge in [-0.25, -0.2) is 0 Å². The number of rotatable bonds is 8. The van der Waals surface area contributed by atoms with Crippen LogP contribution in [0.4, 0.5) is 0 Å². The third-order valence-electron chi connectivity index (χ3n) is 6.38. The van der Waals surface area contributed by atoms with Gasteiger partial charge in [-0.2, -0.15) is 0 Å². The molecule has 0 radical (unpaired) electrons. The highest BCUT2D eigenvalue weighted by Crippen LogP contribution is 2.36. The van der Waals surface area contributed by atoms with Gasteiger partial charge in [0.25, 0.3) is 0 Å². The zero-order valence-electron chi connectivity index (χ0n) is 19.8. The normalized spacial score (nSPS) is 14.3. The number of hydrogen-bond acceptors (Lipinski definition) is 8. The summed E-state index contributed by atoms with van der Waals surface area (Å²) < 4.78 is 16.2. The van der Waals surface area contributed by atoms with Crippen LogP contribution in [0.3, 0.4) is 0 Å². The van der Waals surface area contributed by atoms with Gasteiger partial charge in [0.2, 0.25) is 11.2 Å². The summed E-state index contributed by atoms with van der Waals surface area (Å²) in [7, 11) is 2.76. The molecule has 8 nitrogen and oxygen atoms in total. The number of esters is 1. The van der Waals surface area contributed by atoms with E-state index in [0.29, 0.717) is 29.2 Å². The van der Waals surface area contributed by atoms with E-state index in [1.54, 1.807) is 18.2 Å². The summed E-state index contributed by atoms with van der Waals surface area (Å²) in [6.45, 7) is 1.63. The highest BCUT2D eigenvalue weighted by molar-refractivity contribution is 5.71. The van der Waals surface area contributed by atoms with Crippen LogP contribution < -0.4 is 10.2 Å². The predicted octanol–water partition coefficient (Wildman–Crippen LogP) is 3.10. The van der Waals surface area contributed by atoms with Gasteiger partial charge in [0.1, 0.15) is 11.5 Å². The summed E-state index contributed by atoms with van der Waals surface area (Å²) in [5.74, 6) is -1.01. The van der Waals surface area contributed by atoms with Gasteiger partial charge in [0.05, 0.1) is 39.7 Å². The SMILES string of the molecule is COC(=O)C[C@H](c1ccc(OC)c(CO)c1)c1oc(CN2CCc3ccccc3C2)cc(=O)c1O. The molecule has 0 aliphatic carbocycles. The molecule has 0 saturated heterocycles. The number of nitrogens with zero attached hydrogens (tertiary/aromatic N) is 1. The summed E-state index contributed by atoms with van der Waals surface area (Å²) in [6.07, 6.45) is 0.733. The second kappa shape index (κ2) is 10.8. The quantitative estimate of drug-likeness (QED) is 0.475. The Kier molecular flexibility index (Phi) is 7.53. The summed E-state index contributed by atoms with van der Waals surface area (Å²) in [6, 6.07) is 14.6. The van der Waals surface area contributed by atoms with Crippen molar-refractivity contribution in [3.8, 4) is 11.5 Å². The number of aromatic hydroxyl groups is 1. The lowest BCUT2D eigenvalue weighted by Gasteiger charge is -2.28.